The van der Waals surface area contributed by atoms with Crippen molar-refractivity contribution in [3.05, 3.63) is 0 Å². The van der Waals surface area contributed by atoms with Crippen LogP contribution in [0.2, 0.25) is 0 Å². The molecule has 2 N–H and O–H groups in total. The zero-order valence-corrected chi connectivity index (χ0v) is 13.5. The zero-order chi connectivity index (χ0) is 15.5. The number of rotatable bonds is 3. The predicted octanol–water partition coefficient (Wildman–Crippen LogP) is 1.99. The van der Waals surface area contributed by atoms with Gasteiger partial charge in [-0.2, -0.15) is 0 Å². The Morgan fingerprint density at radius 1 is 1.24 bits per heavy atom. The first-order valence-corrected chi connectivity index (χ1v) is 7.78. The van der Waals surface area contributed by atoms with Crippen LogP contribution in [0.15, 0.2) is 0 Å². The van der Waals surface area contributed by atoms with E-state index in [1.165, 1.54) is 0 Å². The van der Waals surface area contributed by atoms with Gasteiger partial charge in [-0.25, -0.2) is 4.79 Å². The van der Waals surface area contributed by atoms with Gasteiger partial charge in [0.25, 0.3) is 0 Å². The van der Waals surface area contributed by atoms with E-state index in [9.17, 15) is 4.79 Å². The van der Waals surface area contributed by atoms with E-state index in [1.54, 1.807) is 0 Å². The largest absolute Gasteiger partial charge is 0.444 e. The molecule has 6 nitrogen and oxygen atoms in total. The Hall–Kier alpha value is -0.850. The third-order valence-electron chi connectivity index (χ3n) is 4.06. The summed E-state index contributed by atoms with van der Waals surface area (Å²) in [5, 5.41) is 6.09. The van der Waals surface area contributed by atoms with Crippen LogP contribution in [0.5, 0.6) is 0 Å². The Morgan fingerprint density at radius 3 is 2.29 bits per heavy atom. The average molecular weight is 300 g/mol. The van der Waals surface area contributed by atoms with Gasteiger partial charge < -0.3 is 24.8 Å². The van der Waals surface area contributed by atoms with Crippen LogP contribution >= 0.6 is 0 Å². The first-order chi connectivity index (χ1) is 9.84. The number of nitrogens with one attached hydrogen (secondary N) is 2. The van der Waals surface area contributed by atoms with E-state index in [2.05, 4.69) is 10.6 Å². The van der Waals surface area contributed by atoms with E-state index in [0.29, 0.717) is 19.1 Å². The number of carbonyl (C=O) groups excluding carboxylic acids is 1. The van der Waals surface area contributed by atoms with Gasteiger partial charge in [0, 0.05) is 12.8 Å². The Kier molecular flexibility index (Phi) is 5.11. The molecule has 1 aliphatic heterocycles. The van der Waals surface area contributed by atoms with E-state index in [1.807, 2.05) is 27.8 Å². The molecular formula is C15H28N2O4. The minimum atomic E-state index is -0.482. The number of carbonyl (C=O) groups is 1. The van der Waals surface area contributed by atoms with Gasteiger partial charge in [-0.3, -0.25) is 0 Å². The lowest BCUT2D eigenvalue weighted by atomic mass is 9.83. The van der Waals surface area contributed by atoms with Gasteiger partial charge in [0.05, 0.1) is 19.4 Å². The molecule has 2 rings (SSSR count). The summed E-state index contributed by atoms with van der Waals surface area (Å²) in [5.41, 5.74) is -0.482. The molecule has 122 valence electrons. The van der Waals surface area contributed by atoms with Crippen LogP contribution in [-0.2, 0) is 14.2 Å². The number of alkyl carbamates (subject to hydrolysis) is 1. The van der Waals surface area contributed by atoms with E-state index in [-0.39, 0.29) is 18.0 Å². The molecule has 1 saturated heterocycles. The molecule has 0 aromatic rings. The lowest BCUT2D eigenvalue weighted by Gasteiger charge is -2.38. The third-order valence-corrected chi connectivity index (χ3v) is 4.06. The molecule has 21 heavy (non-hydrogen) atoms. The first kappa shape index (κ1) is 16.5. The van der Waals surface area contributed by atoms with Gasteiger partial charge in [-0.15, -0.1) is 0 Å². The predicted molar refractivity (Wildman–Crippen MR) is 78.8 cm³/mol. The van der Waals surface area contributed by atoms with Crippen molar-refractivity contribution in [3.8, 4) is 0 Å². The van der Waals surface area contributed by atoms with Crippen molar-refractivity contribution in [1.29, 1.82) is 0 Å². The summed E-state index contributed by atoms with van der Waals surface area (Å²) >= 11 is 0. The molecule has 0 bridgehead atoms. The molecule has 1 aliphatic carbocycles. The summed E-state index contributed by atoms with van der Waals surface area (Å²) in [5.74, 6) is 0.00158. The number of amides is 1. The molecule has 1 heterocycles. The quantitative estimate of drug-likeness (QED) is 0.780. The first-order valence-electron chi connectivity index (χ1n) is 7.78. The van der Waals surface area contributed by atoms with E-state index in [4.69, 9.17) is 14.2 Å². The molecule has 1 saturated carbocycles. The normalized spacial score (nSPS) is 24.0. The highest BCUT2D eigenvalue weighted by Crippen LogP contribution is 2.39. The van der Waals surface area contributed by atoms with E-state index in [0.717, 1.165) is 25.7 Å². The van der Waals surface area contributed by atoms with Crippen molar-refractivity contribution in [2.24, 2.45) is 5.92 Å². The highest BCUT2D eigenvalue weighted by atomic mass is 16.7. The summed E-state index contributed by atoms with van der Waals surface area (Å²) in [6.45, 7) is 6.97. The Balaban J connectivity index is 1.83. The fourth-order valence-corrected chi connectivity index (χ4v) is 3.06. The molecule has 0 aromatic carbocycles. The van der Waals surface area contributed by atoms with Crippen LogP contribution in [0.4, 0.5) is 4.79 Å². The van der Waals surface area contributed by atoms with Crippen molar-refractivity contribution in [2.75, 3.05) is 20.3 Å². The maximum atomic E-state index is 11.9. The summed E-state index contributed by atoms with van der Waals surface area (Å²) in [4.78, 5) is 11.9. The maximum absolute atomic E-state index is 11.9. The van der Waals surface area contributed by atoms with Crippen LogP contribution in [0.25, 0.3) is 0 Å². The lowest BCUT2D eigenvalue weighted by molar-refractivity contribution is -0.184. The van der Waals surface area contributed by atoms with Crippen LogP contribution in [0.3, 0.4) is 0 Å². The maximum Gasteiger partial charge on any atom is 0.408 e. The summed E-state index contributed by atoms with van der Waals surface area (Å²) in [6, 6.07) is 0. The van der Waals surface area contributed by atoms with Gasteiger partial charge in [0.15, 0.2) is 5.79 Å². The van der Waals surface area contributed by atoms with Crippen LogP contribution in [-0.4, -0.2) is 43.9 Å². The molecular weight excluding hydrogens is 272 g/mol. The molecule has 1 spiro atoms. The average Bonchev–Trinajstić information content (AvgIpc) is 2.83. The number of hydrogen-bond acceptors (Lipinski definition) is 5. The standard InChI is InChI=1S/C15H28N2O4/c1-14(2,3)21-13(18)17-12(16-4)11-5-7-15(8-6-11)19-9-10-20-15/h11-12,16H,5-10H2,1-4H3,(H,17,18). The van der Waals surface area contributed by atoms with E-state index < -0.39 is 5.60 Å². The van der Waals surface area contributed by atoms with E-state index >= 15 is 0 Å². The third kappa shape index (κ3) is 4.56. The minimum Gasteiger partial charge on any atom is -0.444 e. The minimum absolute atomic E-state index is 0.0846. The molecule has 1 amide bonds. The highest BCUT2D eigenvalue weighted by molar-refractivity contribution is 5.68. The number of hydrogen-bond donors (Lipinski definition) is 2. The Morgan fingerprint density at radius 2 is 1.81 bits per heavy atom. The van der Waals surface area contributed by atoms with Gasteiger partial charge in [0.2, 0.25) is 0 Å². The molecule has 2 aliphatic rings. The monoisotopic (exact) mass is 300 g/mol. The highest BCUT2D eigenvalue weighted by Gasteiger charge is 2.42. The van der Waals surface area contributed by atoms with Crippen molar-refractivity contribution < 1.29 is 19.0 Å². The SMILES string of the molecule is CNC(NC(=O)OC(C)(C)C)C1CCC2(CC1)OCCO2. The Bertz CT molecular complexity index is 351. The van der Waals surface area contributed by atoms with Crippen molar-refractivity contribution in [1.82, 2.24) is 10.6 Å². The smallest absolute Gasteiger partial charge is 0.408 e. The summed E-state index contributed by atoms with van der Waals surface area (Å²) in [7, 11) is 1.86. The molecule has 6 heteroatoms. The second kappa shape index (κ2) is 6.50. The summed E-state index contributed by atoms with van der Waals surface area (Å²) in [6.07, 6.45) is 3.22. The van der Waals surface area contributed by atoms with Gasteiger partial charge in [0.1, 0.15) is 5.60 Å². The van der Waals surface area contributed by atoms with Crippen molar-refractivity contribution >= 4 is 6.09 Å². The molecule has 0 radical (unpaired) electrons. The van der Waals surface area contributed by atoms with Gasteiger partial charge >= 0.3 is 6.09 Å². The second-order valence-electron chi connectivity index (χ2n) is 6.86. The van der Waals surface area contributed by atoms with Gasteiger partial charge in [-0.1, -0.05) is 0 Å². The fourth-order valence-electron chi connectivity index (χ4n) is 3.06. The topological polar surface area (TPSA) is 68.8 Å². The van der Waals surface area contributed by atoms with Gasteiger partial charge in [-0.05, 0) is 46.6 Å². The Labute approximate surface area is 126 Å². The van der Waals surface area contributed by atoms with Crippen LogP contribution in [0, 0.1) is 5.92 Å². The molecule has 0 aromatic heterocycles. The molecule has 1 unspecified atom stereocenters. The zero-order valence-electron chi connectivity index (χ0n) is 13.5. The summed E-state index contributed by atoms with van der Waals surface area (Å²) < 4.78 is 16.8. The molecule has 2 fully saturated rings. The molecule has 1 atom stereocenters. The van der Waals surface area contributed by atoms with Crippen LogP contribution in [0.1, 0.15) is 46.5 Å². The van der Waals surface area contributed by atoms with Crippen molar-refractivity contribution in [3.63, 3.8) is 0 Å². The lowest BCUT2D eigenvalue weighted by Crippen LogP contribution is -2.52. The number of ether oxygens (including phenoxy) is 3. The fraction of sp³-hybridized carbons (Fsp3) is 0.933. The second-order valence-corrected chi connectivity index (χ2v) is 6.86. The van der Waals surface area contributed by atoms with Crippen LogP contribution < -0.4 is 10.6 Å². The van der Waals surface area contributed by atoms with Crippen molar-refractivity contribution in [2.45, 2.75) is 64.0 Å².